The molecule has 186 valence electrons. The summed E-state index contributed by atoms with van der Waals surface area (Å²) in [4.78, 5) is 21.1. The van der Waals surface area contributed by atoms with Crippen molar-refractivity contribution in [2.45, 2.75) is 19.8 Å². The fourth-order valence-corrected chi connectivity index (χ4v) is 4.50. The van der Waals surface area contributed by atoms with Crippen LogP contribution in [0.2, 0.25) is 0 Å². The average Bonchev–Trinajstić information content (AvgIpc) is 3.24. The fourth-order valence-electron chi connectivity index (χ4n) is 4.50. The number of halogens is 1. The van der Waals surface area contributed by atoms with E-state index in [0.29, 0.717) is 49.7 Å². The van der Waals surface area contributed by atoms with Gasteiger partial charge in [-0.1, -0.05) is 68.4 Å². The number of esters is 1. The van der Waals surface area contributed by atoms with Crippen molar-refractivity contribution < 1.29 is 9.53 Å². The Morgan fingerprint density at radius 3 is 2.47 bits per heavy atom. The summed E-state index contributed by atoms with van der Waals surface area (Å²) >= 11 is 0. The molecule has 3 aromatic carbocycles. The molecule has 5 rings (SSSR count). The van der Waals surface area contributed by atoms with E-state index in [1.165, 1.54) is 5.56 Å². The van der Waals surface area contributed by atoms with Crippen LogP contribution in [-0.4, -0.2) is 53.8 Å². The Labute approximate surface area is 217 Å². The molecule has 36 heavy (non-hydrogen) atoms. The molecular formula is C28H30ClN5O2. The lowest BCUT2D eigenvalue weighted by molar-refractivity contribution is -0.130. The van der Waals surface area contributed by atoms with Crippen molar-refractivity contribution in [2.75, 3.05) is 31.5 Å². The molecule has 3 aromatic rings. The van der Waals surface area contributed by atoms with Gasteiger partial charge in [0, 0.05) is 43.6 Å². The third-order valence-electron chi connectivity index (χ3n) is 6.41. The second-order valence-corrected chi connectivity index (χ2v) is 9.09. The van der Waals surface area contributed by atoms with E-state index in [0.717, 1.165) is 22.0 Å². The Balaban J connectivity index is 0.00000304. The summed E-state index contributed by atoms with van der Waals surface area (Å²) in [5.74, 6) is 0.670. The van der Waals surface area contributed by atoms with Crippen LogP contribution in [0, 0.1) is 5.41 Å². The van der Waals surface area contributed by atoms with E-state index in [4.69, 9.17) is 10.1 Å². The van der Waals surface area contributed by atoms with Gasteiger partial charge in [-0.2, -0.15) is 0 Å². The molecule has 1 saturated heterocycles. The molecule has 8 heteroatoms. The Bertz CT molecular complexity index is 1340. The predicted molar refractivity (Wildman–Crippen MR) is 147 cm³/mol. The van der Waals surface area contributed by atoms with Crippen molar-refractivity contribution in [1.82, 2.24) is 9.80 Å². The van der Waals surface area contributed by atoms with Crippen molar-refractivity contribution in [3.63, 3.8) is 0 Å². The van der Waals surface area contributed by atoms with Crippen LogP contribution in [0.5, 0.6) is 0 Å². The van der Waals surface area contributed by atoms with Gasteiger partial charge in [-0.05, 0) is 34.4 Å². The van der Waals surface area contributed by atoms with Crippen molar-refractivity contribution in [2.24, 2.45) is 4.99 Å². The highest BCUT2D eigenvalue weighted by Crippen LogP contribution is 2.25. The van der Waals surface area contributed by atoms with Crippen molar-refractivity contribution in [3.05, 3.63) is 89.8 Å². The summed E-state index contributed by atoms with van der Waals surface area (Å²) in [6.07, 6.45) is 1.78. The molecule has 7 nitrogen and oxygen atoms in total. The molecule has 0 saturated carbocycles. The smallest absolute Gasteiger partial charge is 0.365 e. The monoisotopic (exact) mass is 503 g/mol. The van der Waals surface area contributed by atoms with Crippen LogP contribution < -0.4 is 5.32 Å². The first-order valence-electron chi connectivity index (χ1n) is 11.9. The number of rotatable bonds is 4. The zero-order chi connectivity index (χ0) is 24.4. The van der Waals surface area contributed by atoms with Crippen molar-refractivity contribution >= 4 is 46.7 Å². The number of aliphatic imine (C=N–C) groups is 1. The quantitative estimate of drug-likeness (QED) is 0.221. The van der Waals surface area contributed by atoms with Gasteiger partial charge >= 0.3 is 5.97 Å². The zero-order valence-corrected chi connectivity index (χ0v) is 21.2. The second kappa shape index (κ2) is 10.8. The topological polar surface area (TPSA) is 81.0 Å². The van der Waals surface area contributed by atoms with Crippen molar-refractivity contribution in [3.8, 4) is 0 Å². The predicted octanol–water partition coefficient (Wildman–Crippen LogP) is 5.19. The molecule has 2 N–H and O–H groups in total. The standard InChI is InChI=1S/C28H29N5O2.ClH/c1-19(2)21-10-5-6-13-24(21)31-28(29)33-16-14-32(15-17-33)18-25-27(34)35-26(30-25)23-12-7-9-20-8-3-4-11-22(20)23;/h3-13,18-19H,14-17H2,1-2H3,(H2,29,31);1H/b25-18+;. The van der Waals surface area contributed by atoms with Crippen LogP contribution in [0.15, 0.2) is 83.6 Å². The number of fused-ring (bicyclic) bond motifs is 1. The molecule has 0 aliphatic carbocycles. The number of carbonyl (C=O) groups excluding carboxylic acids is 1. The summed E-state index contributed by atoms with van der Waals surface area (Å²) in [7, 11) is 0. The van der Waals surface area contributed by atoms with Gasteiger partial charge in [0.1, 0.15) is 0 Å². The van der Waals surface area contributed by atoms with Crippen LogP contribution in [-0.2, 0) is 9.53 Å². The maximum absolute atomic E-state index is 12.5. The second-order valence-electron chi connectivity index (χ2n) is 9.09. The van der Waals surface area contributed by atoms with E-state index in [9.17, 15) is 4.79 Å². The van der Waals surface area contributed by atoms with E-state index in [1.807, 2.05) is 65.6 Å². The van der Waals surface area contributed by atoms with E-state index in [1.54, 1.807) is 6.20 Å². The maximum atomic E-state index is 12.5. The number of cyclic esters (lactones) is 1. The number of ether oxygens (including phenoxy) is 1. The summed E-state index contributed by atoms with van der Waals surface area (Å²) in [6, 6.07) is 22.0. The minimum Gasteiger partial charge on any atom is -0.402 e. The van der Waals surface area contributed by atoms with Crippen LogP contribution in [0.4, 0.5) is 5.69 Å². The van der Waals surface area contributed by atoms with E-state index in [-0.39, 0.29) is 12.4 Å². The number of guanidine groups is 1. The Kier molecular flexibility index (Phi) is 7.60. The van der Waals surface area contributed by atoms with Gasteiger partial charge in [0.05, 0.1) is 0 Å². The summed E-state index contributed by atoms with van der Waals surface area (Å²) in [5.41, 5.74) is 3.28. The highest BCUT2D eigenvalue weighted by Gasteiger charge is 2.27. The minimum absolute atomic E-state index is 0. The number of anilines is 1. The van der Waals surface area contributed by atoms with Crippen LogP contribution in [0.25, 0.3) is 10.8 Å². The lowest BCUT2D eigenvalue weighted by Crippen LogP contribution is -2.48. The number of para-hydroxylation sites is 1. The highest BCUT2D eigenvalue weighted by atomic mass is 35.5. The van der Waals surface area contributed by atoms with Crippen LogP contribution >= 0.6 is 12.4 Å². The molecule has 0 amide bonds. The molecule has 2 aliphatic rings. The number of benzene rings is 3. The van der Waals surface area contributed by atoms with Gasteiger partial charge in [-0.15, -0.1) is 12.4 Å². The van der Waals surface area contributed by atoms with E-state index in [2.05, 4.69) is 35.1 Å². The number of piperazine rings is 1. The minimum atomic E-state index is -0.435. The number of carbonyl (C=O) groups is 1. The lowest BCUT2D eigenvalue weighted by Gasteiger charge is -2.35. The lowest BCUT2D eigenvalue weighted by atomic mass is 10.0. The molecule has 0 spiro atoms. The van der Waals surface area contributed by atoms with Gasteiger partial charge in [0.2, 0.25) is 5.90 Å². The Morgan fingerprint density at radius 2 is 1.69 bits per heavy atom. The van der Waals surface area contributed by atoms with E-state index >= 15 is 0 Å². The molecule has 2 aliphatic heterocycles. The molecule has 0 unspecified atom stereocenters. The first kappa shape index (κ1) is 25.3. The van der Waals surface area contributed by atoms with Crippen LogP contribution in [0.3, 0.4) is 0 Å². The third-order valence-corrected chi connectivity index (χ3v) is 6.41. The number of nitrogens with zero attached hydrogens (tertiary/aromatic N) is 3. The molecule has 0 aromatic heterocycles. The molecule has 0 bridgehead atoms. The highest BCUT2D eigenvalue weighted by molar-refractivity contribution is 6.16. The van der Waals surface area contributed by atoms with Gasteiger partial charge in [-0.25, -0.2) is 9.79 Å². The maximum Gasteiger partial charge on any atom is 0.365 e. The largest absolute Gasteiger partial charge is 0.402 e. The molecular weight excluding hydrogens is 474 g/mol. The van der Waals surface area contributed by atoms with Gasteiger partial charge < -0.3 is 19.9 Å². The number of hydrogen-bond donors (Lipinski definition) is 2. The van der Waals surface area contributed by atoms with Crippen LogP contribution in [0.1, 0.15) is 30.9 Å². The van der Waals surface area contributed by atoms with Gasteiger partial charge in [0.25, 0.3) is 0 Å². The average molecular weight is 504 g/mol. The van der Waals surface area contributed by atoms with Gasteiger partial charge in [-0.3, -0.25) is 5.41 Å². The van der Waals surface area contributed by atoms with Gasteiger partial charge in [0.15, 0.2) is 11.7 Å². The number of hydrogen-bond acceptors (Lipinski definition) is 5. The summed E-state index contributed by atoms with van der Waals surface area (Å²) < 4.78 is 5.53. The zero-order valence-electron chi connectivity index (χ0n) is 20.4. The fraction of sp³-hybridized carbons (Fsp3) is 0.250. The SMILES string of the molecule is CC(C)c1ccccc1NC(=N)N1CCN(/C=C2/N=C(c3cccc4ccccc34)OC2=O)CC1.Cl. The molecule has 0 atom stereocenters. The number of nitrogens with one attached hydrogen (secondary N) is 2. The molecule has 1 fully saturated rings. The third kappa shape index (κ3) is 5.21. The summed E-state index contributed by atoms with van der Waals surface area (Å²) in [5, 5.41) is 13.9. The Morgan fingerprint density at radius 1 is 1.00 bits per heavy atom. The first-order chi connectivity index (χ1) is 17.0. The summed E-state index contributed by atoms with van der Waals surface area (Å²) in [6.45, 7) is 7.03. The molecule has 2 heterocycles. The van der Waals surface area contributed by atoms with Crippen molar-refractivity contribution in [1.29, 1.82) is 5.41 Å². The normalized spacial score (nSPS) is 16.7. The Hall–Kier alpha value is -3.84. The first-order valence-corrected chi connectivity index (χ1v) is 11.9. The van der Waals surface area contributed by atoms with E-state index < -0.39 is 5.97 Å². The molecule has 0 radical (unpaired) electrons.